The fourth-order valence-corrected chi connectivity index (χ4v) is 3.78. The van der Waals surface area contributed by atoms with E-state index < -0.39 is 6.10 Å². The Hall–Kier alpha value is -2.03. The number of hydrogen-bond donors (Lipinski definition) is 2. The van der Waals surface area contributed by atoms with Crippen LogP contribution in [-0.4, -0.2) is 36.3 Å². The second kappa shape index (κ2) is 6.12. The summed E-state index contributed by atoms with van der Waals surface area (Å²) in [5.74, 6) is 0.688. The zero-order chi connectivity index (χ0) is 16.7. The van der Waals surface area contributed by atoms with Crippen molar-refractivity contribution in [1.29, 1.82) is 0 Å². The average molecular weight is 345 g/mol. The summed E-state index contributed by atoms with van der Waals surface area (Å²) in [4.78, 5) is 21.7. The van der Waals surface area contributed by atoms with Crippen molar-refractivity contribution in [3.63, 3.8) is 0 Å². The van der Waals surface area contributed by atoms with Gasteiger partial charge in [-0.25, -0.2) is 4.98 Å². The molecule has 0 aromatic carbocycles. The van der Waals surface area contributed by atoms with Gasteiger partial charge in [-0.05, 0) is 23.9 Å². The highest BCUT2D eigenvalue weighted by Crippen LogP contribution is 2.21. The van der Waals surface area contributed by atoms with Crippen molar-refractivity contribution >= 4 is 21.6 Å². The zero-order valence-corrected chi connectivity index (χ0v) is 14.2. The summed E-state index contributed by atoms with van der Waals surface area (Å²) < 4.78 is 2.64. The molecule has 7 nitrogen and oxygen atoms in total. The third kappa shape index (κ3) is 2.77. The van der Waals surface area contributed by atoms with E-state index in [1.165, 1.54) is 11.3 Å². The first-order chi connectivity index (χ1) is 11.6. The maximum atomic E-state index is 12.1. The summed E-state index contributed by atoms with van der Waals surface area (Å²) in [6.45, 7) is 4.88. The molecule has 0 bridgehead atoms. The molecular formula is C16H19N5O2S. The number of rotatable bonds is 4. The van der Waals surface area contributed by atoms with Crippen LogP contribution in [0.1, 0.15) is 36.7 Å². The highest BCUT2D eigenvalue weighted by Gasteiger charge is 2.21. The van der Waals surface area contributed by atoms with Crippen molar-refractivity contribution in [2.45, 2.75) is 39.1 Å². The molecule has 1 aliphatic heterocycles. The molecule has 4 rings (SSSR count). The lowest BCUT2D eigenvalue weighted by molar-refractivity contribution is 0.166. The van der Waals surface area contributed by atoms with Crippen LogP contribution in [0.4, 0.5) is 0 Å². The number of nitrogens with zero attached hydrogens (tertiary/aromatic N) is 4. The first-order valence-electron chi connectivity index (χ1n) is 8.07. The predicted molar refractivity (Wildman–Crippen MR) is 91.8 cm³/mol. The second-order valence-electron chi connectivity index (χ2n) is 6.07. The molecule has 1 atom stereocenters. The molecule has 0 spiro atoms. The molecule has 8 heteroatoms. The van der Waals surface area contributed by atoms with Crippen LogP contribution in [0.15, 0.2) is 22.3 Å². The molecule has 2 N–H and O–H groups in total. The van der Waals surface area contributed by atoms with E-state index in [4.69, 9.17) is 0 Å². The van der Waals surface area contributed by atoms with E-state index >= 15 is 0 Å². The largest absolute Gasteiger partial charge is 0.387 e. The van der Waals surface area contributed by atoms with E-state index in [2.05, 4.69) is 20.0 Å². The number of hydrogen-bond acceptors (Lipinski definition) is 6. The van der Waals surface area contributed by atoms with Crippen molar-refractivity contribution in [2.24, 2.45) is 0 Å². The van der Waals surface area contributed by atoms with Gasteiger partial charge in [-0.1, -0.05) is 6.92 Å². The molecule has 0 saturated heterocycles. The highest BCUT2D eigenvalue weighted by molar-refractivity contribution is 7.17. The Morgan fingerprint density at radius 2 is 2.33 bits per heavy atom. The minimum atomic E-state index is -0.504. The molecule has 1 aliphatic rings. The standard InChI is InChI=1S/C16H19N5O2S/c1-2-13(22)12-7-10-8-20(4-5-21(10)19-12)9-14-17-11-3-6-24-15(11)16(23)18-14/h3,6-7,13,22H,2,4-5,8-9H2,1H3,(H,17,18,23)/t13-/m0/s1. The van der Waals surface area contributed by atoms with Crippen molar-refractivity contribution in [2.75, 3.05) is 6.54 Å². The lowest BCUT2D eigenvalue weighted by Crippen LogP contribution is -2.34. The smallest absolute Gasteiger partial charge is 0.268 e. The molecule has 126 valence electrons. The van der Waals surface area contributed by atoms with Gasteiger partial charge < -0.3 is 10.1 Å². The third-order valence-electron chi connectivity index (χ3n) is 4.36. The van der Waals surface area contributed by atoms with Crippen molar-refractivity contribution in [3.8, 4) is 0 Å². The first kappa shape index (κ1) is 15.5. The van der Waals surface area contributed by atoms with Crippen LogP contribution in [-0.2, 0) is 19.6 Å². The topological polar surface area (TPSA) is 87.0 Å². The van der Waals surface area contributed by atoms with Crippen molar-refractivity contribution in [1.82, 2.24) is 24.6 Å². The van der Waals surface area contributed by atoms with Crippen molar-refractivity contribution < 1.29 is 5.11 Å². The minimum absolute atomic E-state index is 0.0691. The summed E-state index contributed by atoms with van der Waals surface area (Å²) in [6.07, 6.45) is 0.155. The number of H-pyrrole nitrogens is 1. The van der Waals surface area contributed by atoms with Crippen LogP contribution in [0.25, 0.3) is 10.2 Å². The Balaban J connectivity index is 1.53. The molecule has 24 heavy (non-hydrogen) atoms. The Morgan fingerprint density at radius 1 is 1.46 bits per heavy atom. The first-order valence-corrected chi connectivity index (χ1v) is 8.95. The van der Waals surface area contributed by atoms with Gasteiger partial charge in [0, 0.05) is 13.1 Å². The lowest BCUT2D eigenvalue weighted by atomic mass is 10.2. The van der Waals surface area contributed by atoms with Crippen LogP contribution >= 0.6 is 11.3 Å². The molecule has 0 fully saturated rings. The van der Waals surface area contributed by atoms with Gasteiger partial charge in [-0.3, -0.25) is 14.4 Å². The summed E-state index contributed by atoms with van der Waals surface area (Å²) >= 11 is 1.41. The van der Waals surface area contributed by atoms with E-state index in [1.54, 1.807) is 0 Å². The maximum absolute atomic E-state index is 12.1. The lowest BCUT2D eigenvalue weighted by Gasteiger charge is -2.26. The van der Waals surface area contributed by atoms with Gasteiger partial charge in [-0.2, -0.15) is 5.10 Å². The Kier molecular flexibility index (Phi) is 3.95. The van der Waals surface area contributed by atoms with Gasteiger partial charge in [0.15, 0.2) is 0 Å². The van der Waals surface area contributed by atoms with E-state index in [1.807, 2.05) is 29.1 Å². The number of aliphatic hydroxyl groups is 1. The molecule has 4 heterocycles. The molecule has 0 amide bonds. The van der Waals surface area contributed by atoms with Gasteiger partial charge in [0.05, 0.1) is 36.1 Å². The fraction of sp³-hybridized carbons (Fsp3) is 0.438. The van der Waals surface area contributed by atoms with Crippen LogP contribution in [0.2, 0.25) is 0 Å². The van der Waals surface area contributed by atoms with E-state index in [9.17, 15) is 9.90 Å². The molecular weight excluding hydrogens is 326 g/mol. The number of aliphatic hydroxyl groups excluding tert-OH is 1. The van der Waals surface area contributed by atoms with Gasteiger partial charge in [-0.15, -0.1) is 11.3 Å². The molecule has 3 aromatic heterocycles. The van der Waals surface area contributed by atoms with E-state index in [-0.39, 0.29) is 5.56 Å². The zero-order valence-electron chi connectivity index (χ0n) is 13.4. The molecule has 0 aliphatic carbocycles. The number of thiophene rings is 1. The fourth-order valence-electron chi connectivity index (χ4n) is 3.06. The summed E-state index contributed by atoms with van der Waals surface area (Å²) in [7, 11) is 0. The van der Waals surface area contributed by atoms with Crippen molar-refractivity contribution in [3.05, 3.63) is 45.1 Å². The summed E-state index contributed by atoms with van der Waals surface area (Å²) in [5.41, 5.74) is 2.51. The molecule has 3 aromatic rings. The maximum Gasteiger partial charge on any atom is 0.268 e. The average Bonchev–Trinajstić information content (AvgIpc) is 3.20. The van der Waals surface area contributed by atoms with E-state index in [0.29, 0.717) is 23.5 Å². The third-order valence-corrected chi connectivity index (χ3v) is 5.26. The highest BCUT2D eigenvalue weighted by atomic mass is 32.1. The number of nitrogens with one attached hydrogen (secondary N) is 1. The van der Waals surface area contributed by atoms with Crippen LogP contribution in [0.5, 0.6) is 0 Å². The summed E-state index contributed by atoms with van der Waals surface area (Å²) in [5, 5.41) is 16.3. The molecule has 0 unspecified atom stereocenters. The monoisotopic (exact) mass is 345 g/mol. The Morgan fingerprint density at radius 3 is 3.17 bits per heavy atom. The number of fused-ring (bicyclic) bond motifs is 2. The van der Waals surface area contributed by atoms with Gasteiger partial charge in [0.25, 0.3) is 5.56 Å². The van der Waals surface area contributed by atoms with Gasteiger partial charge in [0.1, 0.15) is 10.5 Å². The van der Waals surface area contributed by atoms with Crippen LogP contribution < -0.4 is 5.56 Å². The predicted octanol–water partition coefficient (Wildman–Crippen LogP) is 1.64. The molecule has 0 radical (unpaired) electrons. The summed E-state index contributed by atoms with van der Waals surface area (Å²) in [6, 6.07) is 3.85. The van der Waals surface area contributed by atoms with Gasteiger partial charge in [0.2, 0.25) is 0 Å². The SMILES string of the molecule is CC[C@H](O)c1cc2n(n1)CCN(Cc1nc3ccsc3c(=O)[nH]1)C2. The normalized spacial score (nSPS) is 16.4. The second-order valence-corrected chi connectivity index (χ2v) is 6.98. The number of aromatic amines is 1. The van der Waals surface area contributed by atoms with E-state index in [0.717, 1.165) is 36.5 Å². The number of aromatic nitrogens is 4. The van der Waals surface area contributed by atoms with Crippen LogP contribution in [0.3, 0.4) is 0 Å². The Bertz CT molecular complexity index is 928. The van der Waals surface area contributed by atoms with Crippen LogP contribution in [0, 0.1) is 0 Å². The quantitative estimate of drug-likeness (QED) is 0.751. The Labute approximate surface area is 142 Å². The van der Waals surface area contributed by atoms with Gasteiger partial charge >= 0.3 is 0 Å². The molecule has 0 saturated carbocycles. The minimum Gasteiger partial charge on any atom is -0.387 e.